The molecule has 1 aromatic rings. The Morgan fingerprint density at radius 2 is 1.95 bits per heavy atom. The van der Waals surface area contributed by atoms with Crippen LogP contribution in [0.1, 0.15) is 37.6 Å². The van der Waals surface area contributed by atoms with Crippen LogP contribution < -0.4 is 4.74 Å². The van der Waals surface area contributed by atoms with Gasteiger partial charge < -0.3 is 9.47 Å². The Balaban J connectivity index is 1.87. The van der Waals surface area contributed by atoms with Gasteiger partial charge in [-0.05, 0) is 26.0 Å². The first-order valence-corrected chi connectivity index (χ1v) is 7.73. The third-order valence-corrected chi connectivity index (χ3v) is 3.67. The number of carbonyl (C=O) groups excluding carboxylic acids is 1. The van der Waals surface area contributed by atoms with E-state index in [0.29, 0.717) is 24.3 Å². The normalized spacial score (nSPS) is 23.0. The van der Waals surface area contributed by atoms with Crippen molar-refractivity contribution in [2.75, 3.05) is 26.2 Å². The van der Waals surface area contributed by atoms with Gasteiger partial charge in [0.25, 0.3) is 0 Å². The Morgan fingerprint density at radius 3 is 2.62 bits per heavy atom. The molecule has 4 nitrogen and oxygen atoms in total. The Bertz CT molecular complexity index is 465. The minimum absolute atomic E-state index is 0.124. The molecule has 2 unspecified atom stereocenters. The maximum absolute atomic E-state index is 11.9. The second-order valence-corrected chi connectivity index (χ2v) is 5.64. The average molecular weight is 291 g/mol. The van der Waals surface area contributed by atoms with E-state index in [9.17, 15) is 4.79 Å². The molecule has 2 rings (SSSR count). The summed E-state index contributed by atoms with van der Waals surface area (Å²) in [6.45, 7) is 9.37. The van der Waals surface area contributed by atoms with Gasteiger partial charge in [-0.2, -0.15) is 0 Å². The number of para-hydroxylation sites is 1. The van der Waals surface area contributed by atoms with Gasteiger partial charge in [0.2, 0.25) is 0 Å². The van der Waals surface area contributed by atoms with Gasteiger partial charge >= 0.3 is 0 Å². The summed E-state index contributed by atoms with van der Waals surface area (Å²) in [4.78, 5) is 14.2. The van der Waals surface area contributed by atoms with Crippen LogP contribution in [-0.4, -0.2) is 49.1 Å². The van der Waals surface area contributed by atoms with Gasteiger partial charge in [0.15, 0.2) is 5.78 Å². The SMILES string of the molecule is CCC(=O)c1ccccc1OCCN1CC(C)OC(C)C1. The lowest BCUT2D eigenvalue weighted by Crippen LogP contribution is -2.46. The molecule has 1 heterocycles. The van der Waals surface area contributed by atoms with E-state index in [2.05, 4.69) is 18.7 Å². The van der Waals surface area contributed by atoms with Gasteiger partial charge in [0.1, 0.15) is 12.4 Å². The monoisotopic (exact) mass is 291 g/mol. The summed E-state index contributed by atoms with van der Waals surface area (Å²) in [5.41, 5.74) is 0.684. The van der Waals surface area contributed by atoms with Crippen molar-refractivity contribution in [1.82, 2.24) is 4.90 Å². The molecule has 0 amide bonds. The van der Waals surface area contributed by atoms with Crippen LogP contribution in [-0.2, 0) is 4.74 Å². The van der Waals surface area contributed by atoms with Gasteiger partial charge in [0, 0.05) is 26.1 Å². The van der Waals surface area contributed by atoms with Crippen molar-refractivity contribution in [1.29, 1.82) is 0 Å². The molecule has 0 spiro atoms. The van der Waals surface area contributed by atoms with Gasteiger partial charge in [-0.15, -0.1) is 0 Å². The molecule has 21 heavy (non-hydrogen) atoms. The number of hydrogen-bond donors (Lipinski definition) is 0. The lowest BCUT2D eigenvalue weighted by Gasteiger charge is -2.35. The number of morpholine rings is 1. The van der Waals surface area contributed by atoms with Crippen LogP contribution in [0.4, 0.5) is 0 Å². The summed E-state index contributed by atoms with van der Waals surface area (Å²) in [5.74, 6) is 0.818. The van der Waals surface area contributed by atoms with Crippen molar-refractivity contribution in [3.63, 3.8) is 0 Å². The quantitative estimate of drug-likeness (QED) is 0.756. The molecule has 1 saturated heterocycles. The fourth-order valence-corrected chi connectivity index (χ4v) is 2.76. The molecule has 1 aliphatic rings. The molecule has 0 bridgehead atoms. The average Bonchev–Trinajstić information content (AvgIpc) is 2.46. The van der Waals surface area contributed by atoms with E-state index in [0.717, 1.165) is 19.6 Å². The predicted octanol–water partition coefficient (Wildman–Crippen LogP) is 2.77. The van der Waals surface area contributed by atoms with Crippen LogP contribution >= 0.6 is 0 Å². The zero-order valence-corrected chi connectivity index (χ0v) is 13.2. The fourth-order valence-electron chi connectivity index (χ4n) is 2.76. The Kier molecular flexibility index (Phi) is 5.76. The zero-order valence-electron chi connectivity index (χ0n) is 13.2. The van der Waals surface area contributed by atoms with Crippen LogP contribution in [0.15, 0.2) is 24.3 Å². The summed E-state index contributed by atoms with van der Waals surface area (Å²) < 4.78 is 11.5. The molecule has 0 aromatic heterocycles. The summed E-state index contributed by atoms with van der Waals surface area (Å²) in [6.07, 6.45) is 1.03. The van der Waals surface area contributed by atoms with Crippen LogP contribution in [0.5, 0.6) is 5.75 Å². The third-order valence-electron chi connectivity index (χ3n) is 3.67. The minimum atomic E-state index is 0.124. The van der Waals surface area contributed by atoms with Crippen molar-refractivity contribution in [2.45, 2.75) is 39.4 Å². The highest BCUT2D eigenvalue weighted by Gasteiger charge is 2.21. The highest BCUT2D eigenvalue weighted by molar-refractivity contribution is 5.98. The summed E-state index contributed by atoms with van der Waals surface area (Å²) in [7, 11) is 0. The molecule has 0 radical (unpaired) electrons. The number of rotatable bonds is 6. The van der Waals surface area contributed by atoms with Crippen molar-refractivity contribution >= 4 is 5.78 Å². The lowest BCUT2D eigenvalue weighted by molar-refractivity contribution is -0.0699. The molecule has 0 N–H and O–H groups in total. The number of hydrogen-bond acceptors (Lipinski definition) is 4. The number of benzene rings is 1. The topological polar surface area (TPSA) is 38.8 Å². The van der Waals surface area contributed by atoms with E-state index in [-0.39, 0.29) is 18.0 Å². The van der Waals surface area contributed by atoms with Crippen molar-refractivity contribution in [3.8, 4) is 5.75 Å². The van der Waals surface area contributed by atoms with Crippen LogP contribution in [0.3, 0.4) is 0 Å². The highest BCUT2D eigenvalue weighted by Crippen LogP contribution is 2.19. The summed E-state index contributed by atoms with van der Waals surface area (Å²) >= 11 is 0. The van der Waals surface area contributed by atoms with Gasteiger partial charge in [0.05, 0.1) is 17.8 Å². The van der Waals surface area contributed by atoms with E-state index < -0.39 is 0 Å². The van der Waals surface area contributed by atoms with Crippen molar-refractivity contribution < 1.29 is 14.3 Å². The third kappa shape index (κ3) is 4.55. The van der Waals surface area contributed by atoms with E-state index in [1.54, 1.807) is 0 Å². The zero-order chi connectivity index (χ0) is 15.2. The van der Waals surface area contributed by atoms with Crippen LogP contribution in [0.25, 0.3) is 0 Å². The maximum atomic E-state index is 11.9. The Labute approximate surface area is 127 Å². The van der Waals surface area contributed by atoms with Crippen LogP contribution in [0, 0.1) is 0 Å². The second-order valence-electron chi connectivity index (χ2n) is 5.64. The molecule has 0 saturated carbocycles. The Morgan fingerprint density at radius 1 is 1.29 bits per heavy atom. The number of ether oxygens (including phenoxy) is 2. The number of ketones is 1. The van der Waals surface area contributed by atoms with Crippen LogP contribution in [0.2, 0.25) is 0 Å². The van der Waals surface area contributed by atoms with E-state index in [4.69, 9.17) is 9.47 Å². The fraction of sp³-hybridized carbons (Fsp3) is 0.588. The lowest BCUT2D eigenvalue weighted by atomic mass is 10.1. The van der Waals surface area contributed by atoms with Gasteiger partial charge in [-0.3, -0.25) is 9.69 Å². The molecular formula is C17H25NO3. The molecule has 0 aliphatic carbocycles. The molecule has 4 heteroatoms. The van der Waals surface area contributed by atoms with Crippen molar-refractivity contribution in [2.24, 2.45) is 0 Å². The minimum Gasteiger partial charge on any atom is -0.491 e. The first-order chi connectivity index (χ1) is 10.1. The van der Waals surface area contributed by atoms with E-state index >= 15 is 0 Å². The number of nitrogens with zero attached hydrogens (tertiary/aromatic N) is 1. The smallest absolute Gasteiger partial charge is 0.166 e. The predicted molar refractivity (Wildman–Crippen MR) is 83.0 cm³/mol. The van der Waals surface area contributed by atoms with Gasteiger partial charge in [-0.1, -0.05) is 19.1 Å². The van der Waals surface area contributed by atoms with E-state index in [1.165, 1.54) is 0 Å². The molecule has 116 valence electrons. The first kappa shape index (κ1) is 16.0. The second kappa shape index (κ2) is 7.57. The molecule has 2 atom stereocenters. The van der Waals surface area contributed by atoms with E-state index in [1.807, 2.05) is 31.2 Å². The molecule has 1 fully saturated rings. The standard InChI is InChI=1S/C17H25NO3/c1-4-16(19)15-7-5-6-8-17(15)20-10-9-18-11-13(2)21-14(3)12-18/h5-8,13-14H,4,9-12H2,1-3H3. The Hall–Kier alpha value is -1.39. The number of Topliss-reactive ketones (excluding diaryl/α,β-unsaturated/α-hetero) is 1. The molecule has 1 aromatic carbocycles. The van der Waals surface area contributed by atoms with Gasteiger partial charge in [-0.25, -0.2) is 0 Å². The largest absolute Gasteiger partial charge is 0.491 e. The summed E-state index contributed by atoms with van der Waals surface area (Å²) in [6, 6.07) is 7.48. The maximum Gasteiger partial charge on any atom is 0.166 e. The first-order valence-electron chi connectivity index (χ1n) is 7.73. The summed E-state index contributed by atoms with van der Waals surface area (Å²) in [5, 5.41) is 0. The number of carbonyl (C=O) groups is 1. The molecule has 1 aliphatic heterocycles. The van der Waals surface area contributed by atoms with Crippen molar-refractivity contribution in [3.05, 3.63) is 29.8 Å². The highest BCUT2D eigenvalue weighted by atomic mass is 16.5. The molecular weight excluding hydrogens is 266 g/mol.